The summed E-state index contributed by atoms with van der Waals surface area (Å²) < 4.78 is 5.38. The van der Waals surface area contributed by atoms with Gasteiger partial charge in [0.1, 0.15) is 5.75 Å². The monoisotopic (exact) mass is 428 g/mol. The largest absolute Gasteiger partial charge is 1.00 e. The molecule has 4 rings (SSSR count). The summed E-state index contributed by atoms with van der Waals surface area (Å²) >= 11 is 1.62. The Bertz CT molecular complexity index is 826. The normalized spacial score (nSPS) is 16.3. The summed E-state index contributed by atoms with van der Waals surface area (Å²) in [6, 6.07) is 7.92. The SMILES string of the molecule is Cc1c2c(c3ccccc3c1O)[N+]=C(NCCCN1CCOCC1)S2.Cl.[Cl-]. The molecule has 0 saturated carbocycles. The number of phenols is 1. The summed E-state index contributed by atoms with van der Waals surface area (Å²) in [4.78, 5) is 8.30. The van der Waals surface area contributed by atoms with Crippen LogP contribution in [0, 0.1) is 6.92 Å². The topological polar surface area (TPSA) is 58.8 Å². The molecule has 0 atom stereocenters. The lowest BCUT2D eigenvalue weighted by Crippen LogP contribution is -3.00. The number of nitrogens with one attached hydrogen (secondary N) is 1. The number of benzene rings is 2. The van der Waals surface area contributed by atoms with Gasteiger partial charge in [0, 0.05) is 47.7 Å². The van der Waals surface area contributed by atoms with Crippen LogP contribution in [0.15, 0.2) is 29.2 Å². The third kappa shape index (κ3) is 4.63. The van der Waals surface area contributed by atoms with Crippen LogP contribution in [0.4, 0.5) is 5.69 Å². The van der Waals surface area contributed by atoms with Crippen molar-refractivity contribution in [3.8, 4) is 5.75 Å². The van der Waals surface area contributed by atoms with E-state index >= 15 is 0 Å². The first kappa shape index (κ1) is 22.1. The molecule has 2 aromatic rings. The van der Waals surface area contributed by atoms with Gasteiger partial charge in [0.2, 0.25) is 0 Å². The van der Waals surface area contributed by atoms with Crippen molar-refractivity contribution in [1.82, 2.24) is 15.2 Å². The second kappa shape index (κ2) is 9.85. The first-order valence-electron chi connectivity index (χ1n) is 8.79. The maximum absolute atomic E-state index is 10.5. The fraction of sp³-hybridized carbons (Fsp3) is 0.421. The standard InChI is InChI=1S/C19H23N3O2S.2ClH/c1-13-17(23)15-6-3-2-5-14(15)16-18(13)25-19(21-16)20-7-4-8-22-9-11-24-12-10-22;;/h2-3,5-6,20,23H,4,7-12H2,1H3;2*1H/q+1;;/p-1. The van der Waals surface area contributed by atoms with Crippen molar-refractivity contribution in [3.63, 3.8) is 0 Å². The van der Waals surface area contributed by atoms with Gasteiger partial charge >= 0.3 is 5.17 Å². The minimum absolute atomic E-state index is 0. The molecule has 0 spiro atoms. The van der Waals surface area contributed by atoms with E-state index in [1.54, 1.807) is 11.8 Å². The predicted molar refractivity (Wildman–Crippen MR) is 110 cm³/mol. The first-order valence-corrected chi connectivity index (χ1v) is 9.60. The maximum atomic E-state index is 10.5. The number of aliphatic imine (C=N–C) groups is 1. The highest BCUT2D eigenvalue weighted by molar-refractivity contribution is 8.14. The Morgan fingerprint density at radius 2 is 1.93 bits per heavy atom. The zero-order chi connectivity index (χ0) is 17.2. The Morgan fingerprint density at radius 1 is 1.22 bits per heavy atom. The summed E-state index contributed by atoms with van der Waals surface area (Å²) in [5.41, 5.74) is 1.89. The van der Waals surface area contributed by atoms with E-state index < -0.39 is 0 Å². The molecule has 0 aliphatic carbocycles. The predicted octanol–water partition coefficient (Wildman–Crippen LogP) is 0.0205. The van der Waals surface area contributed by atoms with Crippen LogP contribution in [0.25, 0.3) is 10.8 Å². The Labute approximate surface area is 176 Å². The lowest BCUT2D eigenvalue weighted by Gasteiger charge is -2.26. The number of ether oxygens (including phenoxy) is 1. The quantitative estimate of drug-likeness (QED) is 0.672. The zero-order valence-corrected chi connectivity index (χ0v) is 17.6. The van der Waals surface area contributed by atoms with Crippen LogP contribution >= 0.6 is 24.2 Å². The molecule has 1 fully saturated rings. The summed E-state index contributed by atoms with van der Waals surface area (Å²) in [7, 11) is 0. The van der Waals surface area contributed by atoms with Gasteiger partial charge in [-0.3, -0.25) is 10.2 Å². The number of hydrogen-bond donors (Lipinski definition) is 2. The minimum atomic E-state index is 0. The van der Waals surface area contributed by atoms with Crippen molar-refractivity contribution < 1.29 is 22.3 Å². The van der Waals surface area contributed by atoms with Gasteiger partial charge in [-0.25, -0.2) is 0 Å². The highest BCUT2D eigenvalue weighted by atomic mass is 35.5. The van der Waals surface area contributed by atoms with Gasteiger partial charge < -0.3 is 22.3 Å². The molecule has 0 unspecified atom stereocenters. The molecule has 0 aromatic heterocycles. The molecule has 0 amide bonds. The maximum Gasteiger partial charge on any atom is 0.358 e. The second-order valence-electron chi connectivity index (χ2n) is 6.45. The first-order chi connectivity index (χ1) is 12.2. The van der Waals surface area contributed by atoms with Gasteiger partial charge in [-0.1, -0.05) is 18.2 Å². The number of halogens is 2. The zero-order valence-electron chi connectivity index (χ0n) is 15.2. The van der Waals surface area contributed by atoms with Crippen molar-refractivity contribution in [3.05, 3.63) is 29.8 Å². The molecular weight excluding hydrogens is 405 g/mol. The van der Waals surface area contributed by atoms with Crippen molar-refractivity contribution in [2.75, 3.05) is 39.4 Å². The van der Waals surface area contributed by atoms with Gasteiger partial charge in [0.25, 0.3) is 0 Å². The van der Waals surface area contributed by atoms with Crippen LogP contribution in [0.2, 0.25) is 0 Å². The average Bonchev–Trinajstić information content (AvgIpc) is 3.09. The number of fused-ring (bicyclic) bond motifs is 3. The molecule has 1 radical (unpaired) electrons. The van der Waals surface area contributed by atoms with Crippen LogP contribution in [0.3, 0.4) is 0 Å². The highest BCUT2D eigenvalue weighted by Crippen LogP contribution is 2.45. The van der Waals surface area contributed by atoms with E-state index in [4.69, 9.17) is 9.73 Å². The smallest absolute Gasteiger partial charge is 0.358 e. The molecule has 1 saturated heterocycles. The fourth-order valence-electron chi connectivity index (χ4n) is 3.36. The lowest BCUT2D eigenvalue weighted by molar-refractivity contribution is -0.00000766. The van der Waals surface area contributed by atoms with Crippen molar-refractivity contribution in [1.29, 1.82) is 0 Å². The molecular formula is C19H24Cl2N3O2S. The summed E-state index contributed by atoms with van der Waals surface area (Å²) in [6.07, 6.45) is 1.08. The summed E-state index contributed by atoms with van der Waals surface area (Å²) in [5, 5.41) is 16.7. The number of phenolic OH excluding ortho intramolecular Hbond substituents is 1. The van der Waals surface area contributed by atoms with Gasteiger partial charge in [-0.2, -0.15) is 0 Å². The average molecular weight is 429 g/mol. The molecule has 5 nitrogen and oxygen atoms in total. The van der Waals surface area contributed by atoms with E-state index in [1.165, 1.54) is 0 Å². The van der Waals surface area contributed by atoms with Crippen LogP contribution < -0.4 is 22.7 Å². The minimum Gasteiger partial charge on any atom is -1.00 e. The molecule has 2 heterocycles. The van der Waals surface area contributed by atoms with E-state index in [2.05, 4.69) is 10.2 Å². The van der Waals surface area contributed by atoms with Crippen LogP contribution in [0.1, 0.15) is 12.0 Å². The molecule has 147 valence electrons. The number of thioether (sulfide) groups is 1. The van der Waals surface area contributed by atoms with E-state index in [9.17, 15) is 5.11 Å². The number of aromatic hydroxyl groups is 1. The van der Waals surface area contributed by atoms with E-state index in [0.29, 0.717) is 5.75 Å². The number of rotatable bonds is 4. The summed E-state index contributed by atoms with van der Waals surface area (Å²) in [6.45, 7) is 7.72. The Kier molecular flexibility index (Phi) is 8.06. The molecule has 8 heteroatoms. The number of hydrogen-bond acceptors (Lipinski definition) is 6. The number of morpholine rings is 1. The molecule has 2 N–H and O–H groups in total. The molecule has 27 heavy (non-hydrogen) atoms. The number of nitrogens with zero attached hydrogens (tertiary/aromatic N) is 2. The van der Waals surface area contributed by atoms with Gasteiger partial charge in [-0.05, 0) is 24.4 Å². The third-order valence-corrected chi connectivity index (χ3v) is 5.92. The van der Waals surface area contributed by atoms with Crippen molar-refractivity contribution >= 4 is 45.8 Å². The van der Waals surface area contributed by atoms with Crippen LogP contribution in [-0.2, 0) is 4.74 Å². The van der Waals surface area contributed by atoms with Gasteiger partial charge in [0.15, 0.2) is 5.69 Å². The van der Waals surface area contributed by atoms with Gasteiger partial charge in [-0.15, -0.1) is 12.4 Å². The summed E-state index contributed by atoms with van der Waals surface area (Å²) in [5.74, 6) is 0.366. The fourth-order valence-corrected chi connectivity index (χ4v) is 4.37. The third-order valence-electron chi connectivity index (χ3n) is 4.79. The Hall–Kier alpha value is -1.18. The second-order valence-corrected chi connectivity index (χ2v) is 7.45. The highest BCUT2D eigenvalue weighted by Gasteiger charge is 2.30. The molecule has 0 bridgehead atoms. The van der Waals surface area contributed by atoms with Crippen molar-refractivity contribution in [2.45, 2.75) is 18.2 Å². The van der Waals surface area contributed by atoms with Crippen molar-refractivity contribution in [2.24, 2.45) is 0 Å². The van der Waals surface area contributed by atoms with Gasteiger partial charge in [0.05, 0.1) is 24.7 Å². The molecule has 2 aliphatic rings. The lowest BCUT2D eigenvalue weighted by atomic mass is 10.0. The number of amidine groups is 1. The van der Waals surface area contributed by atoms with Crippen LogP contribution in [0.5, 0.6) is 5.75 Å². The van der Waals surface area contributed by atoms with E-state index in [1.807, 2.05) is 31.2 Å². The Morgan fingerprint density at radius 3 is 2.67 bits per heavy atom. The molecule has 2 aliphatic heterocycles. The van der Waals surface area contributed by atoms with E-state index in [-0.39, 0.29) is 24.8 Å². The Balaban J connectivity index is 0.00000131. The van der Waals surface area contributed by atoms with E-state index in [0.717, 1.165) is 77.9 Å². The van der Waals surface area contributed by atoms with Crippen LogP contribution in [-0.4, -0.2) is 54.6 Å². The molecule has 2 aromatic carbocycles.